The minimum Gasteiger partial charge on any atom is -0.345 e. The van der Waals surface area contributed by atoms with Gasteiger partial charge in [0.15, 0.2) is 0 Å². The first-order chi connectivity index (χ1) is 12.3. The molecule has 2 aromatic carbocycles. The highest BCUT2D eigenvalue weighted by atomic mass is 16.2. The predicted octanol–water partition coefficient (Wildman–Crippen LogP) is 3.42. The zero-order valence-electron chi connectivity index (χ0n) is 14.5. The number of anilines is 1. The Hall–Kier alpha value is -2.33. The van der Waals surface area contributed by atoms with Gasteiger partial charge >= 0.3 is 0 Å². The quantitative estimate of drug-likeness (QED) is 0.930. The van der Waals surface area contributed by atoms with E-state index in [1.165, 1.54) is 32.4 Å². The van der Waals surface area contributed by atoms with E-state index in [1.807, 2.05) is 36.4 Å². The lowest BCUT2D eigenvalue weighted by Crippen LogP contribution is -2.49. The van der Waals surface area contributed by atoms with Crippen molar-refractivity contribution in [1.82, 2.24) is 10.2 Å². The van der Waals surface area contributed by atoms with Gasteiger partial charge in [-0.05, 0) is 43.6 Å². The molecule has 1 saturated heterocycles. The molecule has 1 atom stereocenters. The van der Waals surface area contributed by atoms with Crippen LogP contribution in [0, 0.1) is 0 Å². The molecule has 0 aliphatic carbocycles. The van der Waals surface area contributed by atoms with Crippen LogP contribution in [0.5, 0.6) is 0 Å². The van der Waals surface area contributed by atoms with Gasteiger partial charge in [-0.3, -0.25) is 4.79 Å². The summed E-state index contributed by atoms with van der Waals surface area (Å²) in [5.41, 5.74) is 2.94. The number of nitrogens with one attached hydrogen (secondary N) is 1. The molecule has 0 spiro atoms. The molecule has 2 aliphatic heterocycles. The fourth-order valence-corrected chi connectivity index (χ4v) is 3.92. The molecule has 130 valence electrons. The molecule has 0 aromatic heterocycles. The first kappa shape index (κ1) is 16.2. The van der Waals surface area contributed by atoms with Crippen LogP contribution in [0.1, 0.15) is 41.3 Å². The Bertz CT molecular complexity index is 725. The van der Waals surface area contributed by atoms with Crippen molar-refractivity contribution in [2.75, 3.05) is 31.1 Å². The molecule has 1 N–H and O–H groups in total. The molecule has 2 aliphatic rings. The van der Waals surface area contributed by atoms with Gasteiger partial charge in [-0.1, -0.05) is 48.9 Å². The van der Waals surface area contributed by atoms with E-state index in [0.29, 0.717) is 0 Å². The number of amides is 1. The van der Waals surface area contributed by atoms with Crippen molar-refractivity contribution in [2.45, 2.75) is 25.4 Å². The lowest BCUT2D eigenvalue weighted by Gasteiger charge is -2.40. The number of carbonyl (C=O) groups is 1. The fourth-order valence-electron chi connectivity index (χ4n) is 3.92. The molecule has 0 radical (unpaired) electrons. The van der Waals surface area contributed by atoms with Gasteiger partial charge in [-0.25, -0.2) is 0 Å². The maximum Gasteiger partial charge on any atom is 0.255 e. The van der Waals surface area contributed by atoms with Gasteiger partial charge in [0.25, 0.3) is 5.91 Å². The minimum atomic E-state index is -0.103. The van der Waals surface area contributed by atoms with Gasteiger partial charge in [-0.15, -0.1) is 0 Å². The predicted molar refractivity (Wildman–Crippen MR) is 101 cm³/mol. The van der Waals surface area contributed by atoms with E-state index in [1.54, 1.807) is 0 Å². The smallest absolute Gasteiger partial charge is 0.255 e. The third kappa shape index (κ3) is 3.40. The number of para-hydroxylation sites is 1. The molecule has 4 rings (SSSR count). The van der Waals surface area contributed by atoms with E-state index in [4.69, 9.17) is 0 Å². The second-order valence-electron chi connectivity index (χ2n) is 6.90. The summed E-state index contributed by atoms with van der Waals surface area (Å²) < 4.78 is 0. The molecule has 2 heterocycles. The average molecular weight is 335 g/mol. The zero-order chi connectivity index (χ0) is 17.1. The second kappa shape index (κ2) is 7.28. The summed E-state index contributed by atoms with van der Waals surface area (Å²) in [6.07, 6.45) is 3.85. The molecular formula is C21H25N3O. The number of fused-ring (bicyclic) bond motifs is 1. The van der Waals surface area contributed by atoms with Crippen molar-refractivity contribution in [3.05, 3.63) is 65.7 Å². The molecule has 2 aromatic rings. The summed E-state index contributed by atoms with van der Waals surface area (Å²) >= 11 is 0. The van der Waals surface area contributed by atoms with Gasteiger partial charge in [0.2, 0.25) is 0 Å². The van der Waals surface area contributed by atoms with Crippen LogP contribution in [0.25, 0.3) is 0 Å². The molecule has 0 bridgehead atoms. The van der Waals surface area contributed by atoms with Crippen LogP contribution >= 0.6 is 0 Å². The zero-order valence-corrected chi connectivity index (χ0v) is 14.5. The highest BCUT2D eigenvalue weighted by molar-refractivity contribution is 6.02. The van der Waals surface area contributed by atoms with Gasteiger partial charge in [0.05, 0.1) is 11.3 Å². The van der Waals surface area contributed by atoms with Crippen LogP contribution in [-0.2, 0) is 0 Å². The summed E-state index contributed by atoms with van der Waals surface area (Å²) in [5, 5.41) is 3.20. The van der Waals surface area contributed by atoms with Crippen LogP contribution in [-0.4, -0.2) is 37.0 Å². The molecule has 1 fully saturated rings. The number of hydrogen-bond acceptors (Lipinski definition) is 3. The van der Waals surface area contributed by atoms with Crippen LogP contribution in [0.2, 0.25) is 0 Å². The van der Waals surface area contributed by atoms with Crippen molar-refractivity contribution >= 4 is 11.6 Å². The van der Waals surface area contributed by atoms with E-state index in [0.717, 1.165) is 29.9 Å². The highest BCUT2D eigenvalue weighted by Gasteiger charge is 2.31. The Kier molecular flexibility index (Phi) is 4.70. The Labute approximate surface area is 149 Å². The maximum atomic E-state index is 12.6. The van der Waals surface area contributed by atoms with Crippen LogP contribution in [0.3, 0.4) is 0 Å². The van der Waals surface area contributed by atoms with Crippen molar-refractivity contribution < 1.29 is 4.79 Å². The number of likely N-dealkylation sites (tertiary alicyclic amines) is 1. The lowest BCUT2D eigenvalue weighted by atomic mass is 10.0. The number of hydrogen-bond donors (Lipinski definition) is 1. The summed E-state index contributed by atoms with van der Waals surface area (Å²) in [5.74, 6) is 0.0127. The Morgan fingerprint density at radius 3 is 2.40 bits per heavy atom. The lowest BCUT2D eigenvalue weighted by molar-refractivity contribution is 0.0925. The summed E-state index contributed by atoms with van der Waals surface area (Å²) in [7, 11) is 0. The number of piperidine rings is 1. The first-order valence-corrected chi connectivity index (χ1v) is 9.27. The van der Waals surface area contributed by atoms with Gasteiger partial charge in [-0.2, -0.15) is 0 Å². The number of carbonyl (C=O) groups excluding carboxylic acids is 1. The van der Waals surface area contributed by atoms with Gasteiger partial charge < -0.3 is 15.1 Å². The largest absolute Gasteiger partial charge is 0.345 e. The molecule has 25 heavy (non-hydrogen) atoms. The number of benzene rings is 2. The van der Waals surface area contributed by atoms with E-state index >= 15 is 0 Å². The topological polar surface area (TPSA) is 35.6 Å². The molecule has 0 saturated carbocycles. The molecular weight excluding hydrogens is 310 g/mol. The van der Waals surface area contributed by atoms with E-state index in [9.17, 15) is 4.79 Å². The Morgan fingerprint density at radius 2 is 1.60 bits per heavy atom. The number of rotatable bonds is 4. The highest BCUT2D eigenvalue weighted by Crippen LogP contribution is 2.32. The van der Waals surface area contributed by atoms with Crippen molar-refractivity contribution in [3.8, 4) is 0 Å². The van der Waals surface area contributed by atoms with Crippen molar-refractivity contribution in [1.29, 1.82) is 0 Å². The fraction of sp³-hybridized carbons (Fsp3) is 0.381. The van der Waals surface area contributed by atoms with E-state index < -0.39 is 0 Å². The Balaban J connectivity index is 1.62. The van der Waals surface area contributed by atoms with E-state index in [2.05, 4.69) is 33.3 Å². The third-order valence-corrected chi connectivity index (χ3v) is 5.26. The van der Waals surface area contributed by atoms with Crippen LogP contribution in [0.15, 0.2) is 54.6 Å². The van der Waals surface area contributed by atoms with Crippen molar-refractivity contribution in [3.63, 3.8) is 0 Å². The number of nitrogens with zero attached hydrogens (tertiary/aromatic N) is 2. The molecule has 1 unspecified atom stereocenters. The standard InChI is InChI=1S/C21H25N3O/c25-21-18-11-5-6-12-19(18)24(16-15-23-13-7-2-8-14-23)20(22-21)17-9-3-1-4-10-17/h1,3-6,9-12,20H,2,7-8,13-16H2,(H,22,25). The van der Waals surface area contributed by atoms with Gasteiger partial charge in [0, 0.05) is 13.1 Å². The molecule has 1 amide bonds. The first-order valence-electron chi connectivity index (χ1n) is 9.27. The van der Waals surface area contributed by atoms with Crippen molar-refractivity contribution in [2.24, 2.45) is 0 Å². The van der Waals surface area contributed by atoms with Crippen LogP contribution in [0.4, 0.5) is 5.69 Å². The van der Waals surface area contributed by atoms with Gasteiger partial charge in [0.1, 0.15) is 6.17 Å². The average Bonchev–Trinajstić information content (AvgIpc) is 2.69. The third-order valence-electron chi connectivity index (χ3n) is 5.26. The maximum absolute atomic E-state index is 12.6. The molecule has 4 heteroatoms. The second-order valence-corrected chi connectivity index (χ2v) is 6.90. The molecule has 4 nitrogen and oxygen atoms in total. The monoisotopic (exact) mass is 335 g/mol. The summed E-state index contributed by atoms with van der Waals surface area (Å²) in [6, 6.07) is 18.2. The summed E-state index contributed by atoms with van der Waals surface area (Å²) in [6.45, 7) is 4.33. The normalized spacial score (nSPS) is 20.9. The Morgan fingerprint density at radius 1 is 0.880 bits per heavy atom. The van der Waals surface area contributed by atoms with Crippen LogP contribution < -0.4 is 10.2 Å². The minimum absolute atomic E-state index is 0.0127. The summed E-state index contributed by atoms with van der Waals surface area (Å²) in [4.78, 5) is 17.5. The van der Waals surface area contributed by atoms with E-state index in [-0.39, 0.29) is 12.1 Å². The SMILES string of the molecule is O=C1NC(c2ccccc2)N(CCN2CCCCC2)c2ccccc21.